The van der Waals surface area contributed by atoms with E-state index in [0.29, 0.717) is 18.4 Å². The average Bonchev–Trinajstić information content (AvgIpc) is 3.04. The first kappa shape index (κ1) is 19.4. The first-order valence-corrected chi connectivity index (χ1v) is 11.9. The van der Waals surface area contributed by atoms with Crippen LogP contribution in [0.1, 0.15) is 55.3 Å². The van der Waals surface area contributed by atoms with E-state index in [1.165, 1.54) is 35.1 Å². The highest BCUT2D eigenvalue weighted by Gasteiger charge is 2.30. The van der Waals surface area contributed by atoms with Gasteiger partial charge >= 0.3 is 0 Å². The molecule has 2 aromatic heterocycles. The summed E-state index contributed by atoms with van der Waals surface area (Å²) in [5.41, 5.74) is 1.40. The van der Waals surface area contributed by atoms with Crippen LogP contribution in [-0.4, -0.2) is 75.9 Å². The van der Waals surface area contributed by atoms with E-state index in [1.807, 2.05) is 6.20 Å². The molecular weight excluding hydrogens is 382 g/mol. The van der Waals surface area contributed by atoms with E-state index >= 15 is 0 Å². The third-order valence-electron chi connectivity index (χ3n) is 6.83. The Morgan fingerprint density at radius 2 is 2.00 bits per heavy atom. The SMILES string of the molecule is CC(C)c1ncc2c3c(sc2n1)CN(CC(=O)N1CCN(C2CCC2)CC1)CC3. The highest BCUT2D eigenvalue weighted by atomic mass is 32.1. The number of nitrogens with zero attached hydrogens (tertiary/aromatic N) is 5. The fourth-order valence-corrected chi connectivity index (χ4v) is 5.98. The molecule has 2 aromatic rings. The number of aromatic nitrogens is 2. The predicted octanol–water partition coefficient (Wildman–Crippen LogP) is 2.87. The van der Waals surface area contributed by atoms with Crippen molar-refractivity contribution in [3.63, 3.8) is 0 Å². The van der Waals surface area contributed by atoms with Crippen molar-refractivity contribution < 1.29 is 4.79 Å². The normalized spacial score (nSPS) is 21.6. The third kappa shape index (κ3) is 3.80. The molecule has 0 atom stereocenters. The summed E-state index contributed by atoms with van der Waals surface area (Å²) < 4.78 is 0. The number of fused-ring (bicyclic) bond motifs is 3. The Morgan fingerprint density at radius 3 is 2.69 bits per heavy atom. The van der Waals surface area contributed by atoms with Crippen LogP contribution in [0.4, 0.5) is 0 Å². The zero-order valence-corrected chi connectivity index (χ0v) is 18.4. The Bertz CT molecular complexity index is 898. The fraction of sp³-hybridized carbons (Fsp3) is 0.682. The van der Waals surface area contributed by atoms with E-state index in [-0.39, 0.29) is 0 Å². The quantitative estimate of drug-likeness (QED) is 0.772. The maximum absolute atomic E-state index is 12.9. The van der Waals surface area contributed by atoms with Crippen molar-refractivity contribution in [1.29, 1.82) is 0 Å². The predicted molar refractivity (Wildman–Crippen MR) is 116 cm³/mol. The van der Waals surface area contributed by atoms with Gasteiger partial charge in [-0.15, -0.1) is 11.3 Å². The summed E-state index contributed by atoms with van der Waals surface area (Å²) in [6.07, 6.45) is 7.07. The van der Waals surface area contributed by atoms with Gasteiger partial charge in [0.15, 0.2) is 0 Å². The molecule has 1 aliphatic carbocycles. The van der Waals surface area contributed by atoms with Gasteiger partial charge in [-0.05, 0) is 24.8 Å². The maximum atomic E-state index is 12.9. The van der Waals surface area contributed by atoms with Crippen LogP contribution in [0.3, 0.4) is 0 Å². The van der Waals surface area contributed by atoms with Crippen molar-refractivity contribution in [3.8, 4) is 0 Å². The van der Waals surface area contributed by atoms with Gasteiger partial charge in [0.25, 0.3) is 0 Å². The first-order chi connectivity index (χ1) is 14.1. The van der Waals surface area contributed by atoms with Gasteiger partial charge in [-0.25, -0.2) is 9.97 Å². The van der Waals surface area contributed by atoms with Crippen molar-refractivity contribution >= 4 is 27.5 Å². The van der Waals surface area contributed by atoms with Crippen LogP contribution >= 0.6 is 11.3 Å². The molecule has 4 heterocycles. The molecule has 1 amide bonds. The lowest BCUT2D eigenvalue weighted by atomic mass is 9.91. The molecule has 7 heteroatoms. The summed E-state index contributed by atoms with van der Waals surface area (Å²) >= 11 is 1.79. The molecule has 6 nitrogen and oxygen atoms in total. The highest BCUT2D eigenvalue weighted by molar-refractivity contribution is 7.18. The van der Waals surface area contributed by atoms with Gasteiger partial charge < -0.3 is 4.90 Å². The summed E-state index contributed by atoms with van der Waals surface area (Å²) in [7, 11) is 0. The van der Waals surface area contributed by atoms with Gasteiger partial charge in [0.1, 0.15) is 10.7 Å². The molecule has 0 N–H and O–H groups in total. The number of piperazine rings is 1. The first-order valence-electron chi connectivity index (χ1n) is 11.1. The lowest BCUT2D eigenvalue weighted by molar-refractivity contribution is -0.135. The second kappa shape index (κ2) is 7.93. The standard InChI is InChI=1S/C22H31N5OS/c1-15(2)21-23-12-18-17-6-7-25(13-19(17)29-22(18)24-21)14-20(28)27-10-8-26(9-11-27)16-4-3-5-16/h12,15-16H,3-11,13-14H2,1-2H3. The Kier molecular flexibility index (Phi) is 5.30. The number of amides is 1. The molecule has 2 aliphatic heterocycles. The number of hydrogen-bond donors (Lipinski definition) is 0. The summed E-state index contributed by atoms with van der Waals surface area (Å²) in [5, 5.41) is 1.22. The monoisotopic (exact) mass is 413 g/mol. The third-order valence-corrected chi connectivity index (χ3v) is 7.96. The summed E-state index contributed by atoms with van der Waals surface area (Å²) in [5.74, 6) is 1.56. The molecule has 1 saturated heterocycles. The van der Waals surface area contributed by atoms with Crippen LogP contribution in [0.15, 0.2) is 6.20 Å². The second-order valence-electron chi connectivity index (χ2n) is 9.07. The second-order valence-corrected chi connectivity index (χ2v) is 10.2. The molecular formula is C22H31N5OS. The van der Waals surface area contributed by atoms with E-state index in [1.54, 1.807) is 11.3 Å². The molecule has 156 valence electrons. The molecule has 2 fully saturated rings. The van der Waals surface area contributed by atoms with Crippen molar-refractivity contribution in [3.05, 3.63) is 22.5 Å². The summed E-state index contributed by atoms with van der Waals surface area (Å²) in [6.45, 7) is 10.5. The van der Waals surface area contributed by atoms with Crippen molar-refractivity contribution in [2.24, 2.45) is 0 Å². The summed E-state index contributed by atoms with van der Waals surface area (Å²) in [6, 6.07) is 0.792. The van der Waals surface area contributed by atoms with Gasteiger partial charge in [0.2, 0.25) is 5.91 Å². The molecule has 1 saturated carbocycles. The number of carbonyl (C=O) groups excluding carboxylic acids is 1. The number of thiophene rings is 1. The van der Waals surface area contributed by atoms with E-state index in [2.05, 4.69) is 33.5 Å². The highest BCUT2D eigenvalue weighted by Crippen LogP contribution is 2.34. The van der Waals surface area contributed by atoms with Crippen LogP contribution in [-0.2, 0) is 17.8 Å². The molecule has 0 unspecified atom stereocenters. The van der Waals surface area contributed by atoms with Gasteiger partial charge in [-0.2, -0.15) is 0 Å². The Labute approximate surface area is 176 Å². The molecule has 0 radical (unpaired) electrons. The van der Waals surface area contributed by atoms with E-state index in [4.69, 9.17) is 4.98 Å². The van der Waals surface area contributed by atoms with Crippen molar-refractivity contribution in [1.82, 2.24) is 24.7 Å². The van der Waals surface area contributed by atoms with Crippen LogP contribution in [0.2, 0.25) is 0 Å². The van der Waals surface area contributed by atoms with Crippen LogP contribution in [0.25, 0.3) is 10.2 Å². The topological polar surface area (TPSA) is 52.6 Å². The minimum absolute atomic E-state index is 0.296. The number of rotatable bonds is 4. The average molecular weight is 414 g/mol. The number of hydrogen-bond acceptors (Lipinski definition) is 6. The zero-order chi connectivity index (χ0) is 20.0. The molecule has 3 aliphatic rings. The summed E-state index contributed by atoms with van der Waals surface area (Å²) in [4.78, 5) is 31.7. The van der Waals surface area contributed by atoms with Gasteiger partial charge in [-0.3, -0.25) is 14.6 Å². The zero-order valence-electron chi connectivity index (χ0n) is 17.6. The lowest BCUT2D eigenvalue weighted by Crippen LogP contribution is -2.55. The van der Waals surface area contributed by atoms with Gasteiger partial charge in [-0.1, -0.05) is 20.3 Å². The molecule has 0 bridgehead atoms. The van der Waals surface area contributed by atoms with Crippen LogP contribution in [0.5, 0.6) is 0 Å². The van der Waals surface area contributed by atoms with E-state index < -0.39 is 0 Å². The molecule has 5 rings (SSSR count). The minimum atomic E-state index is 0.296. The largest absolute Gasteiger partial charge is 0.339 e. The van der Waals surface area contributed by atoms with Gasteiger partial charge in [0.05, 0.1) is 6.54 Å². The Hall–Kier alpha value is -1.57. The van der Waals surface area contributed by atoms with Crippen molar-refractivity contribution in [2.75, 3.05) is 39.3 Å². The van der Waals surface area contributed by atoms with Crippen LogP contribution < -0.4 is 0 Å². The Balaban J connectivity index is 1.20. The fourth-order valence-electron chi connectivity index (χ4n) is 4.74. The number of carbonyl (C=O) groups is 1. The molecule has 29 heavy (non-hydrogen) atoms. The van der Waals surface area contributed by atoms with Crippen molar-refractivity contribution in [2.45, 2.75) is 58.0 Å². The van der Waals surface area contributed by atoms with E-state index in [9.17, 15) is 4.79 Å². The Morgan fingerprint density at radius 1 is 1.21 bits per heavy atom. The van der Waals surface area contributed by atoms with E-state index in [0.717, 1.165) is 62.4 Å². The molecule has 0 spiro atoms. The minimum Gasteiger partial charge on any atom is -0.339 e. The maximum Gasteiger partial charge on any atom is 0.236 e. The van der Waals surface area contributed by atoms with Gasteiger partial charge in [0, 0.05) is 67.7 Å². The molecule has 0 aromatic carbocycles. The van der Waals surface area contributed by atoms with Crippen LogP contribution in [0, 0.1) is 0 Å². The lowest BCUT2D eigenvalue weighted by Gasteiger charge is -2.43. The smallest absolute Gasteiger partial charge is 0.236 e.